The third kappa shape index (κ3) is 2.45. The largest absolute Gasteiger partial charge is 0.392 e. The molecule has 80 valence electrons. The number of nitrogens with zero attached hydrogens (tertiary/aromatic N) is 2. The summed E-state index contributed by atoms with van der Waals surface area (Å²) in [4.78, 5) is 25.8. The fraction of sp³-hybridized carbons (Fsp3) is 0.778. The van der Waals surface area contributed by atoms with Crippen molar-refractivity contribution in [1.29, 1.82) is 0 Å². The molecule has 0 radical (unpaired) electrons. The molecule has 1 heterocycles. The molecule has 0 spiro atoms. The quantitative estimate of drug-likeness (QED) is 0.639. The Balaban J connectivity index is 2.57. The van der Waals surface area contributed by atoms with E-state index in [1.807, 2.05) is 6.92 Å². The molecule has 1 rings (SSSR count). The van der Waals surface area contributed by atoms with E-state index in [-0.39, 0.29) is 31.4 Å². The Morgan fingerprint density at radius 3 is 2.29 bits per heavy atom. The fourth-order valence-corrected chi connectivity index (χ4v) is 1.48. The van der Waals surface area contributed by atoms with Crippen LogP contribution in [-0.2, 0) is 9.59 Å². The van der Waals surface area contributed by atoms with E-state index in [0.717, 1.165) is 0 Å². The number of rotatable bonds is 3. The number of amides is 2. The highest BCUT2D eigenvalue weighted by Gasteiger charge is 2.28. The minimum Gasteiger partial charge on any atom is -0.392 e. The molecular formula is C9H16N2O3. The molecule has 1 aliphatic heterocycles. The van der Waals surface area contributed by atoms with Gasteiger partial charge in [0.1, 0.15) is 0 Å². The summed E-state index contributed by atoms with van der Waals surface area (Å²) in [5.74, 6) is -0.139. The molecule has 0 aliphatic carbocycles. The van der Waals surface area contributed by atoms with Gasteiger partial charge in [-0.15, -0.1) is 0 Å². The molecule has 1 saturated heterocycles. The van der Waals surface area contributed by atoms with E-state index in [1.165, 1.54) is 9.80 Å². The highest BCUT2D eigenvalue weighted by Crippen LogP contribution is 2.05. The maximum atomic E-state index is 11.5. The standard InChI is InChI=1S/C9H16N2O3/c1-3-10-5-9(14)11(4-7(2)12)6-8(10)13/h7,12H,3-6H2,1-2H3. The second kappa shape index (κ2) is 4.41. The molecule has 1 aliphatic rings. The number of carbonyl (C=O) groups is 2. The van der Waals surface area contributed by atoms with Crippen molar-refractivity contribution in [2.45, 2.75) is 20.0 Å². The van der Waals surface area contributed by atoms with Crippen LogP contribution >= 0.6 is 0 Å². The van der Waals surface area contributed by atoms with Crippen LogP contribution in [0.15, 0.2) is 0 Å². The smallest absolute Gasteiger partial charge is 0.242 e. The summed E-state index contributed by atoms with van der Waals surface area (Å²) in [6.45, 7) is 4.48. The first-order chi connectivity index (χ1) is 6.54. The van der Waals surface area contributed by atoms with Gasteiger partial charge in [0, 0.05) is 13.1 Å². The number of aliphatic hydroxyl groups is 1. The van der Waals surface area contributed by atoms with Gasteiger partial charge in [-0.25, -0.2) is 0 Å². The second-order valence-corrected chi connectivity index (χ2v) is 3.53. The third-order valence-electron chi connectivity index (χ3n) is 2.22. The van der Waals surface area contributed by atoms with Crippen molar-refractivity contribution in [1.82, 2.24) is 9.80 Å². The van der Waals surface area contributed by atoms with Gasteiger partial charge in [0.25, 0.3) is 0 Å². The van der Waals surface area contributed by atoms with Crippen molar-refractivity contribution >= 4 is 11.8 Å². The Bertz CT molecular complexity index is 240. The molecule has 0 saturated carbocycles. The maximum Gasteiger partial charge on any atom is 0.242 e. The van der Waals surface area contributed by atoms with Gasteiger partial charge in [-0.3, -0.25) is 9.59 Å². The molecule has 0 bridgehead atoms. The van der Waals surface area contributed by atoms with Crippen LogP contribution in [0, 0.1) is 0 Å². The first kappa shape index (κ1) is 11.0. The highest BCUT2D eigenvalue weighted by atomic mass is 16.3. The molecule has 5 heteroatoms. The summed E-state index contributed by atoms with van der Waals surface area (Å²) in [6, 6.07) is 0. The highest BCUT2D eigenvalue weighted by molar-refractivity contribution is 5.92. The van der Waals surface area contributed by atoms with Crippen LogP contribution in [0.1, 0.15) is 13.8 Å². The predicted octanol–water partition coefficient (Wildman–Crippen LogP) is -0.942. The first-order valence-corrected chi connectivity index (χ1v) is 4.78. The average Bonchev–Trinajstić information content (AvgIpc) is 2.10. The molecule has 1 atom stereocenters. The number of likely N-dealkylation sites (N-methyl/N-ethyl adjacent to an activating group) is 1. The minimum atomic E-state index is -0.583. The Morgan fingerprint density at radius 2 is 1.79 bits per heavy atom. The zero-order valence-corrected chi connectivity index (χ0v) is 8.56. The van der Waals surface area contributed by atoms with Crippen molar-refractivity contribution < 1.29 is 14.7 Å². The van der Waals surface area contributed by atoms with E-state index in [4.69, 9.17) is 5.11 Å². The van der Waals surface area contributed by atoms with Gasteiger partial charge >= 0.3 is 0 Å². The molecule has 14 heavy (non-hydrogen) atoms. The number of aliphatic hydroxyl groups excluding tert-OH is 1. The molecular weight excluding hydrogens is 184 g/mol. The Morgan fingerprint density at radius 1 is 1.29 bits per heavy atom. The van der Waals surface area contributed by atoms with Crippen LogP contribution in [-0.4, -0.2) is 59.0 Å². The van der Waals surface area contributed by atoms with Crippen molar-refractivity contribution in [2.75, 3.05) is 26.2 Å². The van der Waals surface area contributed by atoms with Crippen molar-refractivity contribution in [3.8, 4) is 0 Å². The van der Waals surface area contributed by atoms with E-state index >= 15 is 0 Å². The average molecular weight is 200 g/mol. The zero-order valence-electron chi connectivity index (χ0n) is 8.56. The summed E-state index contributed by atoms with van der Waals surface area (Å²) in [5.41, 5.74) is 0. The van der Waals surface area contributed by atoms with E-state index in [1.54, 1.807) is 6.92 Å². The molecule has 2 amide bonds. The van der Waals surface area contributed by atoms with Gasteiger partial charge in [0.2, 0.25) is 11.8 Å². The number of hydrogen-bond donors (Lipinski definition) is 1. The topological polar surface area (TPSA) is 60.9 Å². The molecule has 1 unspecified atom stereocenters. The number of β-amino-alcohol motifs (C(OH)–C–C–N with tert-alkyl or cyclic N) is 1. The molecule has 1 N–H and O–H groups in total. The van der Waals surface area contributed by atoms with Crippen LogP contribution in [0.4, 0.5) is 0 Å². The lowest BCUT2D eigenvalue weighted by atomic mass is 10.2. The number of piperazine rings is 1. The molecule has 5 nitrogen and oxygen atoms in total. The van der Waals surface area contributed by atoms with Gasteiger partial charge in [-0.1, -0.05) is 0 Å². The summed E-state index contributed by atoms with van der Waals surface area (Å²) in [6.07, 6.45) is -0.583. The molecule has 1 fully saturated rings. The van der Waals surface area contributed by atoms with Gasteiger partial charge in [0.05, 0.1) is 19.2 Å². The van der Waals surface area contributed by atoms with Gasteiger partial charge in [0.15, 0.2) is 0 Å². The summed E-state index contributed by atoms with van der Waals surface area (Å²) in [7, 11) is 0. The number of hydrogen-bond acceptors (Lipinski definition) is 3. The summed E-state index contributed by atoms with van der Waals surface area (Å²) >= 11 is 0. The van der Waals surface area contributed by atoms with Gasteiger partial charge < -0.3 is 14.9 Å². The molecule has 0 aromatic rings. The Kier molecular flexibility index (Phi) is 3.46. The summed E-state index contributed by atoms with van der Waals surface area (Å²) < 4.78 is 0. The van der Waals surface area contributed by atoms with Gasteiger partial charge in [-0.05, 0) is 13.8 Å². The Labute approximate surface area is 83.3 Å². The zero-order chi connectivity index (χ0) is 10.7. The van der Waals surface area contributed by atoms with E-state index in [9.17, 15) is 9.59 Å². The Hall–Kier alpha value is -1.10. The normalized spacial score (nSPS) is 20.2. The third-order valence-corrected chi connectivity index (χ3v) is 2.22. The van der Waals surface area contributed by atoms with Crippen molar-refractivity contribution in [2.24, 2.45) is 0 Å². The van der Waals surface area contributed by atoms with Crippen LogP contribution in [0.2, 0.25) is 0 Å². The molecule has 0 aromatic carbocycles. The predicted molar refractivity (Wildman–Crippen MR) is 50.5 cm³/mol. The lowest BCUT2D eigenvalue weighted by Crippen LogP contribution is -2.54. The lowest BCUT2D eigenvalue weighted by molar-refractivity contribution is -0.150. The minimum absolute atomic E-state index is 0.0484. The maximum absolute atomic E-state index is 11.5. The van der Waals surface area contributed by atoms with Crippen molar-refractivity contribution in [3.05, 3.63) is 0 Å². The van der Waals surface area contributed by atoms with Crippen molar-refractivity contribution in [3.63, 3.8) is 0 Å². The SMILES string of the molecule is CCN1CC(=O)N(CC(C)O)CC1=O. The number of carbonyl (C=O) groups excluding carboxylic acids is 2. The van der Waals surface area contributed by atoms with Gasteiger partial charge in [-0.2, -0.15) is 0 Å². The van der Waals surface area contributed by atoms with Crippen LogP contribution < -0.4 is 0 Å². The molecule has 0 aromatic heterocycles. The van der Waals surface area contributed by atoms with Crippen LogP contribution in [0.25, 0.3) is 0 Å². The second-order valence-electron chi connectivity index (χ2n) is 3.53. The van der Waals surface area contributed by atoms with Crippen LogP contribution in [0.3, 0.4) is 0 Å². The monoisotopic (exact) mass is 200 g/mol. The van der Waals surface area contributed by atoms with E-state index in [2.05, 4.69) is 0 Å². The summed E-state index contributed by atoms with van der Waals surface area (Å²) in [5, 5.41) is 9.11. The fourth-order valence-electron chi connectivity index (χ4n) is 1.48. The van der Waals surface area contributed by atoms with E-state index < -0.39 is 6.10 Å². The van der Waals surface area contributed by atoms with Crippen LogP contribution in [0.5, 0.6) is 0 Å². The van der Waals surface area contributed by atoms with E-state index in [0.29, 0.717) is 6.54 Å². The first-order valence-electron chi connectivity index (χ1n) is 4.78. The lowest BCUT2D eigenvalue weighted by Gasteiger charge is -2.33.